The Bertz CT molecular complexity index is 200. The van der Waals surface area contributed by atoms with Crippen molar-refractivity contribution in [1.29, 1.82) is 0 Å². The first-order valence-corrected chi connectivity index (χ1v) is 2.97. The van der Waals surface area contributed by atoms with E-state index >= 15 is 0 Å². The fourth-order valence-corrected chi connectivity index (χ4v) is 0.806. The number of rotatable bonds is 0. The highest BCUT2D eigenvalue weighted by Gasteiger charge is 1.95. The monoisotopic (exact) mass is 139 g/mol. The molecule has 0 fully saturated rings. The molecule has 4 N–H and O–H groups in total. The van der Waals surface area contributed by atoms with Crippen LogP contribution in [0.15, 0.2) is 18.2 Å². The average Bonchev–Trinajstić information content (AvgIpc) is 1.83. The smallest absolute Gasteiger partial charge is 0.121 e. The van der Waals surface area contributed by atoms with E-state index in [0.717, 1.165) is 11.1 Å². The number of hydrogen-bond donors (Lipinski definition) is 2. The second-order valence-electron chi connectivity index (χ2n) is 2.24. The lowest BCUT2D eigenvalue weighted by Gasteiger charge is -1.99. The molecule has 0 spiro atoms. The zero-order valence-electron chi connectivity index (χ0n) is 6.39. The molecule has 0 aromatic heterocycles. The van der Waals surface area contributed by atoms with Crippen LogP contribution in [0.5, 0.6) is 5.75 Å². The van der Waals surface area contributed by atoms with E-state index in [-0.39, 0.29) is 6.15 Å². The minimum Gasteiger partial charge on any atom is -0.507 e. The molecule has 0 radical (unpaired) electrons. The maximum atomic E-state index is 9.21. The number of phenolic OH excluding ortho intramolecular Hbond substituents is 1. The number of para-hydroxylation sites is 1. The van der Waals surface area contributed by atoms with Crippen LogP contribution in [-0.4, -0.2) is 5.11 Å². The fraction of sp³-hybridized carbons (Fsp3) is 0.250. The van der Waals surface area contributed by atoms with Crippen molar-refractivity contribution in [3.05, 3.63) is 29.3 Å². The minimum absolute atomic E-state index is 0. The van der Waals surface area contributed by atoms with E-state index in [9.17, 15) is 5.11 Å². The van der Waals surface area contributed by atoms with Gasteiger partial charge in [0.05, 0.1) is 0 Å². The number of hydrogen-bond acceptors (Lipinski definition) is 2. The van der Waals surface area contributed by atoms with Crippen LogP contribution < -0.4 is 6.15 Å². The summed E-state index contributed by atoms with van der Waals surface area (Å²) in [6, 6.07) is 5.72. The van der Waals surface area contributed by atoms with Crippen LogP contribution in [0.3, 0.4) is 0 Å². The van der Waals surface area contributed by atoms with Crippen molar-refractivity contribution in [3.63, 3.8) is 0 Å². The molecule has 0 amide bonds. The van der Waals surface area contributed by atoms with Crippen LogP contribution >= 0.6 is 0 Å². The molecule has 0 aliphatic carbocycles. The molecule has 0 saturated carbocycles. The van der Waals surface area contributed by atoms with Gasteiger partial charge in [0.2, 0.25) is 0 Å². The van der Waals surface area contributed by atoms with Crippen LogP contribution in [0.4, 0.5) is 0 Å². The van der Waals surface area contributed by atoms with E-state index in [2.05, 4.69) is 0 Å². The maximum Gasteiger partial charge on any atom is 0.121 e. The van der Waals surface area contributed by atoms with Crippen molar-refractivity contribution in [1.82, 2.24) is 6.15 Å². The Balaban J connectivity index is 0.000000810. The van der Waals surface area contributed by atoms with Crippen LogP contribution in [0.2, 0.25) is 0 Å². The first-order valence-electron chi connectivity index (χ1n) is 2.97. The number of benzene rings is 1. The highest BCUT2D eigenvalue weighted by molar-refractivity contribution is 5.37. The standard InChI is InChI=1S/C8H10O.H3N/c1-6-4-3-5-7(2)8(6)9;/h3-5,9H,1-2H3;1H3. The van der Waals surface area contributed by atoms with Crippen LogP contribution in [-0.2, 0) is 0 Å². The molecule has 2 heteroatoms. The van der Waals surface area contributed by atoms with E-state index in [4.69, 9.17) is 0 Å². The second-order valence-corrected chi connectivity index (χ2v) is 2.24. The first-order chi connectivity index (χ1) is 4.22. The first kappa shape index (κ1) is 8.98. The predicted molar refractivity (Wildman–Crippen MR) is 42.6 cm³/mol. The molecule has 0 heterocycles. The van der Waals surface area contributed by atoms with Crippen molar-refractivity contribution in [2.24, 2.45) is 0 Å². The highest BCUT2D eigenvalue weighted by atomic mass is 16.3. The third kappa shape index (κ3) is 1.48. The molecule has 56 valence electrons. The third-order valence-corrected chi connectivity index (χ3v) is 1.44. The number of phenols is 1. The number of aryl methyl sites for hydroxylation is 2. The molecule has 0 unspecified atom stereocenters. The number of aromatic hydroxyl groups is 1. The van der Waals surface area contributed by atoms with Gasteiger partial charge in [-0.15, -0.1) is 0 Å². The third-order valence-electron chi connectivity index (χ3n) is 1.44. The van der Waals surface area contributed by atoms with Gasteiger partial charge in [-0.1, -0.05) is 18.2 Å². The zero-order chi connectivity index (χ0) is 6.85. The molecule has 10 heavy (non-hydrogen) atoms. The summed E-state index contributed by atoms with van der Waals surface area (Å²) in [7, 11) is 0. The van der Waals surface area contributed by atoms with Gasteiger partial charge in [-0.25, -0.2) is 0 Å². The van der Waals surface area contributed by atoms with Crippen LogP contribution in [0.1, 0.15) is 11.1 Å². The molecule has 0 atom stereocenters. The van der Waals surface area contributed by atoms with E-state index < -0.39 is 0 Å². The van der Waals surface area contributed by atoms with Gasteiger partial charge < -0.3 is 11.3 Å². The molecule has 1 rings (SSSR count). The lowest BCUT2D eigenvalue weighted by molar-refractivity contribution is 0.467. The van der Waals surface area contributed by atoms with E-state index in [1.54, 1.807) is 0 Å². The lowest BCUT2D eigenvalue weighted by Crippen LogP contribution is -1.76. The molecular formula is C8H13NO. The summed E-state index contributed by atoms with van der Waals surface area (Å²) in [5, 5.41) is 9.21. The summed E-state index contributed by atoms with van der Waals surface area (Å²) in [5.74, 6) is 0.414. The summed E-state index contributed by atoms with van der Waals surface area (Å²) < 4.78 is 0. The van der Waals surface area contributed by atoms with Crippen molar-refractivity contribution in [2.45, 2.75) is 13.8 Å². The Morgan fingerprint density at radius 1 is 1.10 bits per heavy atom. The van der Waals surface area contributed by atoms with E-state index in [1.165, 1.54) is 0 Å². The van der Waals surface area contributed by atoms with Gasteiger partial charge in [-0.3, -0.25) is 0 Å². The Labute approximate surface area is 61.1 Å². The van der Waals surface area contributed by atoms with Gasteiger partial charge in [0, 0.05) is 0 Å². The molecule has 1 aromatic carbocycles. The minimum atomic E-state index is 0. The highest BCUT2D eigenvalue weighted by Crippen LogP contribution is 2.19. The summed E-state index contributed by atoms with van der Waals surface area (Å²) >= 11 is 0. The van der Waals surface area contributed by atoms with Gasteiger partial charge in [0.15, 0.2) is 0 Å². The van der Waals surface area contributed by atoms with Crippen molar-refractivity contribution >= 4 is 0 Å². The Hall–Kier alpha value is -1.02. The SMILES string of the molecule is Cc1cccc(C)c1O.N. The van der Waals surface area contributed by atoms with Crippen molar-refractivity contribution < 1.29 is 5.11 Å². The molecular weight excluding hydrogens is 126 g/mol. The summed E-state index contributed by atoms with van der Waals surface area (Å²) in [5.41, 5.74) is 1.88. The van der Waals surface area contributed by atoms with E-state index in [1.807, 2.05) is 32.0 Å². The van der Waals surface area contributed by atoms with Crippen molar-refractivity contribution in [3.8, 4) is 5.75 Å². The van der Waals surface area contributed by atoms with Gasteiger partial charge in [-0.2, -0.15) is 0 Å². The lowest BCUT2D eigenvalue weighted by atomic mass is 10.1. The summed E-state index contributed by atoms with van der Waals surface area (Å²) in [6.07, 6.45) is 0. The molecule has 0 saturated heterocycles. The fourth-order valence-electron chi connectivity index (χ4n) is 0.806. The average molecular weight is 139 g/mol. The Morgan fingerprint density at radius 2 is 1.50 bits per heavy atom. The zero-order valence-corrected chi connectivity index (χ0v) is 6.39. The van der Waals surface area contributed by atoms with Gasteiger partial charge in [-0.05, 0) is 25.0 Å². The Kier molecular flexibility index (Phi) is 2.90. The van der Waals surface area contributed by atoms with Crippen LogP contribution in [0, 0.1) is 13.8 Å². The van der Waals surface area contributed by atoms with Gasteiger partial charge >= 0.3 is 0 Å². The molecule has 2 nitrogen and oxygen atoms in total. The largest absolute Gasteiger partial charge is 0.507 e. The Morgan fingerprint density at radius 3 is 1.80 bits per heavy atom. The van der Waals surface area contributed by atoms with E-state index in [0.29, 0.717) is 5.75 Å². The summed E-state index contributed by atoms with van der Waals surface area (Å²) in [4.78, 5) is 0. The van der Waals surface area contributed by atoms with Crippen molar-refractivity contribution in [2.75, 3.05) is 0 Å². The molecule has 0 bridgehead atoms. The molecule has 1 aromatic rings. The molecule has 0 aliphatic heterocycles. The predicted octanol–water partition coefficient (Wildman–Crippen LogP) is 2.17. The summed E-state index contributed by atoms with van der Waals surface area (Å²) in [6.45, 7) is 3.78. The maximum absolute atomic E-state index is 9.21. The molecule has 0 aliphatic rings. The topological polar surface area (TPSA) is 55.2 Å². The quantitative estimate of drug-likeness (QED) is 0.578. The van der Waals surface area contributed by atoms with Gasteiger partial charge in [0.1, 0.15) is 5.75 Å². The normalized spacial score (nSPS) is 8.60. The van der Waals surface area contributed by atoms with Crippen LogP contribution in [0.25, 0.3) is 0 Å². The van der Waals surface area contributed by atoms with Gasteiger partial charge in [0.25, 0.3) is 0 Å². The second kappa shape index (κ2) is 3.22.